The van der Waals surface area contributed by atoms with Crippen LogP contribution in [-0.4, -0.2) is 60.6 Å². The molecule has 0 N–H and O–H groups in total. The molecule has 4 atom stereocenters. The highest BCUT2D eigenvalue weighted by atomic mass is 32.2. The summed E-state index contributed by atoms with van der Waals surface area (Å²) in [5.74, 6) is 6.03. The highest BCUT2D eigenvalue weighted by molar-refractivity contribution is 7.86. The molecule has 0 spiro atoms. The lowest BCUT2D eigenvalue weighted by Crippen LogP contribution is -2.52. The summed E-state index contributed by atoms with van der Waals surface area (Å²) < 4.78 is 67.9. The van der Waals surface area contributed by atoms with Crippen molar-refractivity contribution in [1.29, 1.82) is 0 Å². The first-order valence-electron chi connectivity index (χ1n) is 11.5. The Morgan fingerprint density at radius 3 is 2.06 bits per heavy atom. The largest absolute Gasteiger partial charge is 0.350 e. The van der Waals surface area contributed by atoms with Gasteiger partial charge in [-0.3, -0.25) is 8.37 Å². The summed E-state index contributed by atoms with van der Waals surface area (Å²) in [6.07, 6.45) is 10.1. The second kappa shape index (κ2) is 15.3. The smallest absolute Gasteiger partial charge is 0.264 e. The quantitative estimate of drug-likeness (QED) is 0.192. The van der Waals surface area contributed by atoms with Crippen LogP contribution < -0.4 is 0 Å². The van der Waals surface area contributed by atoms with Crippen molar-refractivity contribution in [3.63, 3.8) is 0 Å². The maximum atomic E-state index is 11.8. The minimum absolute atomic E-state index is 0.0611. The van der Waals surface area contributed by atoms with Gasteiger partial charge in [0.15, 0.2) is 6.29 Å². The molecule has 0 aromatic heterocycles. The van der Waals surface area contributed by atoms with Crippen molar-refractivity contribution >= 4 is 20.2 Å². The highest BCUT2D eigenvalue weighted by Gasteiger charge is 2.40. The summed E-state index contributed by atoms with van der Waals surface area (Å²) in [4.78, 5) is 0. The molecule has 0 aromatic carbocycles. The van der Waals surface area contributed by atoms with Crippen LogP contribution in [0, 0.1) is 11.8 Å². The molecular weight excluding hydrogens is 456 g/mol. The van der Waals surface area contributed by atoms with Gasteiger partial charge >= 0.3 is 0 Å². The first kappa shape index (κ1) is 29.3. The molecule has 0 amide bonds. The molecule has 10 heteroatoms. The van der Waals surface area contributed by atoms with Gasteiger partial charge in [-0.2, -0.15) is 16.8 Å². The van der Waals surface area contributed by atoms with Gasteiger partial charge in [-0.05, 0) is 13.3 Å². The minimum atomic E-state index is -3.82. The van der Waals surface area contributed by atoms with Crippen molar-refractivity contribution in [1.82, 2.24) is 0 Å². The van der Waals surface area contributed by atoms with Gasteiger partial charge in [0.2, 0.25) is 0 Å². The van der Waals surface area contributed by atoms with Crippen LogP contribution in [0.15, 0.2) is 0 Å². The third kappa shape index (κ3) is 14.4. The van der Waals surface area contributed by atoms with E-state index in [0.29, 0.717) is 0 Å². The second-order valence-corrected chi connectivity index (χ2v) is 11.5. The lowest BCUT2D eigenvalue weighted by Gasteiger charge is -2.37. The SMILES string of the molecule is CCCCCCCCCCCC#CC[C@@H](OS(C)(=O)=O)[C@H]1O[C@@H](C)OC[C@H]1OS(C)(=O)=O. The van der Waals surface area contributed by atoms with Gasteiger partial charge in [0.25, 0.3) is 20.2 Å². The summed E-state index contributed by atoms with van der Waals surface area (Å²) in [6.45, 7) is 3.79. The standard InChI is InChI=1S/C22H40O8S2/c1-5-6-7-8-9-10-11-12-13-14-15-16-17-20(29-31(3,23)24)22-21(30-32(4,25)26)18-27-19(2)28-22/h19-22H,5-14,17-18H2,1-4H3/t19-,20+,21+,22+/m0/s1. The van der Waals surface area contributed by atoms with E-state index in [1.165, 1.54) is 44.9 Å². The Bertz CT molecular complexity index is 782. The van der Waals surface area contributed by atoms with Gasteiger partial charge < -0.3 is 9.47 Å². The predicted molar refractivity (Wildman–Crippen MR) is 124 cm³/mol. The fourth-order valence-corrected chi connectivity index (χ4v) is 4.76. The molecule has 1 saturated heterocycles. The van der Waals surface area contributed by atoms with Crippen LogP contribution in [0.4, 0.5) is 0 Å². The molecule has 1 heterocycles. The topological polar surface area (TPSA) is 105 Å². The number of hydrogen-bond acceptors (Lipinski definition) is 8. The van der Waals surface area contributed by atoms with Crippen LogP contribution >= 0.6 is 0 Å². The zero-order valence-corrected chi connectivity index (χ0v) is 21.5. The molecule has 1 aliphatic heterocycles. The van der Waals surface area contributed by atoms with Gasteiger partial charge in [-0.25, -0.2) is 0 Å². The summed E-state index contributed by atoms with van der Waals surface area (Å²) in [6, 6.07) is 0. The molecular formula is C22H40O8S2. The number of ether oxygens (including phenoxy) is 2. The predicted octanol–water partition coefficient (Wildman–Crippen LogP) is 3.75. The molecule has 188 valence electrons. The Hall–Kier alpha value is -0.700. The molecule has 0 unspecified atom stereocenters. The van der Waals surface area contributed by atoms with E-state index in [4.69, 9.17) is 17.8 Å². The van der Waals surface area contributed by atoms with Crippen LogP contribution in [0.2, 0.25) is 0 Å². The Morgan fingerprint density at radius 1 is 0.906 bits per heavy atom. The van der Waals surface area contributed by atoms with Crippen molar-refractivity contribution in [3.8, 4) is 11.8 Å². The average Bonchev–Trinajstić information content (AvgIpc) is 2.67. The second-order valence-electron chi connectivity index (χ2n) is 8.32. The van der Waals surface area contributed by atoms with Gasteiger partial charge in [0.05, 0.1) is 19.1 Å². The fourth-order valence-electron chi connectivity index (χ4n) is 3.52. The number of hydrogen-bond donors (Lipinski definition) is 0. The minimum Gasteiger partial charge on any atom is -0.350 e. The van der Waals surface area contributed by atoms with E-state index in [1.807, 2.05) is 0 Å². The van der Waals surface area contributed by atoms with Crippen LogP contribution in [0.1, 0.15) is 84.5 Å². The monoisotopic (exact) mass is 496 g/mol. The zero-order valence-electron chi connectivity index (χ0n) is 19.9. The van der Waals surface area contributed by atoms with Crippen molar-refractivity contribution in [2.75, 3.05) is 19.1 Å². The lowest BCUT2D eigenvalue weighted by atomic mass is 10.0. The van der Waals surface area contributed by atoms with Crippen molar-refractivity contribution in [3.05, 3.63) is 0 Å². The molecule has 8 nitrogen and oxygen atoms in total. The van der Waals surface area contributed by atoms with E-state index in [9.17, 15) is 16.8 Å². The van der Waals surface area contributed by atoms with E-state index < -0.39 is 44.8 Å². The van der Waals surface area contributed by atoms with Crippen LogP contribution in [0.25, 0.3) is 0 Å². The van der Waals surface area contributed by atoms with Crippen LogP contribution in [0.5, 0.6) is 0 Å². The summed E-state index contributed by atoms with van der Waals surface area (Å²) in [5.41, 5.74) is 0. The van der Waals surface area contributed by atoms with Crippen molar-refractivity contribution in [2.24, 2.45) is 0 Å². The summed E-state index contributed by atoms with van der Waals surface area (Å²) in [5, 5.41) is 0. The van der Waals surface area contributed by atoms with Gasteiger partial charge in [-0.1, -0.05) is 58.3 Å². The third-order valence-electron chi connectivity index (χ3n) is 5.01. The molecule has 0 radical (unpaired) electrons. The molecule has 1 fully saturated rings. The molecule has 0 saturated carbocycles. The Morgan fingerprint density at radius 2 is 1.50 bits per heavy atom. The lowest BCUT2D eigenvalue weighted by molar-refractivity contribution is -0.254. The summed E-state index contributed by atoms with van der Waals surface area (Å²) in [7, 11) is -7.62. The molecule has 32 heavy (non-hydrogen) atoms. The average molecular weight is 497 g/mol. The van der Waals surface area contributed by atoms with E-state index in [2.05, 4.69) is 18.8 Å². The van der Waals surface area contributed by atoms with Gasteiger partial charge in [0.1, 0.15) is 18.3 Å². The van der Waals surface area contributed by atoms with Crippen molar-refractivity contribution in [2.45, 2.75) is 109 Å². The molecule has 1 rings (SSSR count). The number of rotatable bonds is 15. The maximum Gasteiger partial charge on any atom is 0.264 e. The van der Waals surface area contributed by atoms with E-state index in [0.717, 1.165) is 31.8 Å². The first-order valence-corrected chi connectivity index (χ1v) is 15.1. The van der Waals surface area contributed by atoms with Crippen LogP contribution in [0.3, 0.4) is 0 Å². The fraction of sp³-hybridized carbons (Fsp3) is 0.909. The molecule has 0 aliphatic carbocycles. The Kier molecular flexibility index (Phi) is 14.0. The van der Waals surface area contributed by atoms with Gasteiger partial charge in [-0.15, -0.1) is 11.8 Å². The zero-order chi connectivity index (χ0) is 24.0. The van der Waals surface area contributed by atoms with E-state index >= 15 is 0 Å². The van der Waals surface area contributed by atoms with E-state index in [-0.39, 0.29) is 13.0 Å². The van der Waals surface area contributed by atoms with Gasteiger partial charge in [0, 0.05) is 12.8 Å². The highest BCUT2D eigenvalue weighted by Crippen LogP contribution is 2.24. The summed E-state index contributed by atoms with van der Waals surface area (Å²) >= 11 is 0. The first-order chi connectivity index (χ1) is 15.0. The Balaban J connectivity index is 2.56. The van der Waals surface area contributed by atoms with E-state index in [1.54, 1.807) is 6.92 Å². The maximum absolute atomic E-state index is 11.8. The Labute approximate surface area is 195 Å². The normalized spacial score (nSPS) is 22.8. The molecule has 0 aromatic rings. The van der Waals surface area contributed by atoms with Crippen molar-refractivity contribution < 1.29 is 34.7 Å². The number of unbranched alkanes of at least 4 members (excludes halogenated alkanes) is 9. The van der Waals surface area contributed by atoms with Crippen LogP contribution in [-0.2, 0) is 38.1 Å². The molecule has 1 aliphatic rings. The third-order valence-corrected chi connectivity index (χ3v) is 6.20. The molecule has 0 bridgehead atoms.